The van der Waals surface area contributed by atoms with E-state index in [2.05, 4.69) is 14.7 Å². The van der Waals surface area contributed by atoms with Crippen LogP contribution in [0.1, 0.15) is 15.9 Å². The van der Waals surface area contributed by atoms with Crippen LogP contribution in [-0.4, -0.2) is 33.0 Å². The molecule has 7 nitrogen and oxygen atoms in total. The number of carbonyl (C=O) groups excluding carboxylic acids is 3. The molecule has 0 aliphatic rings. The van der Waals surface area contributed by atoms with Crippen LogP contribution in [0.5, 0.6) is 0 Å². The third-order valence-corrected chi connectivity index (χ3v) is 4.54. The average Bonchev–Trinajstić information content (AvgIpc) is 3.18. The van der Waals surface area contributed by atoms with Gasteiger partial charge in [-0.15, -0.1) is 0 Å². The van der Waals surface area contributed by atoms with E-state index in [-0.39, 0.29) is 6.42 Å². The van der Waals surface area contributed by atoms with Gasteiger partial charge < -0.3 is 11.1 Å². The monoisotopic (exact) mass is 380 g/mol. The number of rotatable bonds is 7. The van der Waals surface area contributed by atoms with Gasteiger partial charge in [0.2, 0.25) is 5.78 Å². The Hall–Kier alpha value is -3.39. The summed E-state index contributed by atoms with van der Waals surface area (Å²) >= 11 is 1.13. The second-order valence-corrected chi connectivity index (χ2v) is 6.39. The van der Waals surface area contributed by atoms with Crippen molar-refractivity contribution in [3.8, 4) is 11.3 Å². The topological polar surface area (TPSA) is 115 Å². The molecule has 1 unspecified atom stereocenters. The van der Waals surface area contributed by atoms with Crippen LogP contribution in [0.3, 0.4) is 0 Å². The summed E-state index contributed by atoms with van der Waals surface area (Å²) in [7, 11) is 0. The predicted molar refractivity (Wildman–Crippen MR) is 101 cm³/mol. The van der Waals surface area contributed by atoms with Crippen molar-refractivity contribution >= 4 is 29.1 Å². The van der Waals surface area contributed by atoms with Crippen LogP contribution in [0.25, 0.3) is 11.3 Å². The van der Waals surface area contributed by atoms with E-state index in [1.807, 2.05) is 30.3 Å². The number of nitrogens with one attached hydrogen (secondary N) is 1. The summed E-state index contributed by atoms with van der Waals surface area (Å²) in [6, 6.07) is 11.5. The van der Waals surface area contributed by atoms with Crippen LogP contribution in [0, 0.1) is 0 Å². The molecule has 0 bridgehead atoms. The molecule has 27 heavy (non-hydrogen) atoms. The third kappa shape index (κ3) is 4.42. The maximum absolute atomic E-state index is 12.8. The third-order valence-electron chi connectivity index (χ3n) is 3.92. The van der Waals surface area contributed by atoms with Crippen molar-refractivity contribution in [3.63, 3.8) is 0 Å². The summed E-state index contributed by atoms with van der Waals surface area (Å²) in [5, 5.41) is 4.22. The summed E-state index contributed by atoms with van der Waals surface area (Å²) in [6.07, 6.45) is 3.37. The van der Waals surface area contributed by atoms with Crippen LogP contribution in [0.4, 0.5) is 0 Å². The van der Waals surface area contributed by atoms with Gasteiger partial charge in [0.25, 0.3) is 11.8 Å². The van der Waals surface area contributed by atoms with Gasteiger partial charge in [0, 0.05) is 29.8 Å². The first-order valence-corrected chi connectivity index (χ1v) is 8.93. The molecule has 3 N–H and O–H groups in total. The number of primary amides is 1. The molecule has 0 aliphatic carbocycles. The van der Waals surface area contributed by atoms with E-state index in [4.69, 9.17) is 5.73 Å². The summed E-state index contributed by atoms with van der Waals surface area (Å²) in [4.78, 5) is 40.3. The normalized spacial score (nSPS) is 11.6. The van der Waals surface area contributed by atoms with E-state index in [1.165, 1.54) is 0 Å². The number of amides is 2. The zero-order chi connectivity index (χ0) is 19.2. The highest BCUT2D eigenvalue weighted by Gasteiger charge is 2.27. The Morgan fingerprint density at radius 2 is 1.78 bits per heavy atom. The molecule has 0 radical (unpaired) electrons. The Labute approximate surface area is 159 Å². The molecular weight excluding hydrogens is 364 g/mol. The molecule has 1 atom stereocenters. The standard InChI is InChI=1S/C19H16N4O3S/c20-18(25)17(24)15(10-12-4-2-1-3-5-12)22-19(26)14-11-27-23-16(14)13-6-8-21-9-7-13/h1-9,11,15H,10H2,(H2,20,25)(H,22,26). The van der Waals surface area contributed by atoms with Crippen LogP contribution in [0.2, 0.25) is 0 Å². The first-order valence-electron chi connectivity index (χ1n) is 8.09. The van der Waals surface area contributed by atoms with Crippen LogP contribution < -0.4 is 11.1 Å². The van der Waals surface area contributed by atoms with E-state index in [0.29, 0.717) is 11.3 Å². The summed E-state index contributed by atoms with van der Waals surface area (Å²) < 4.78 is 4.26. The largest absolute Gasteiger partial charge is 0.363 e. The van der Waals surface area contributed by atoms with Gasteiger partial charge in [-0.2, -0.15) is 4.37 Å². The maximum atomic E-state index is 12.8. The van der Waals surface area contributed by atoms with E-state index < -0.39 is 23.6 Å². The SMILES string of the molecule is NC(=O)C(=O)C(Cc1ccccc1)NC(=O)c1csnc1-c1ccncc1. The van der Waals surface area contributed by atoms with E-state index in [9.17, 15) is 14.4 Å². The highest BCUT2D eigenvalue weighted by Crippen LogP contribution is 2.23. The fourth-order valence-electron chi connectivity index (χ4n) is 2.58. The number of carbonyl (C=O) groups is 3. The molecule has 0 saturated heterocycles. The lowest BCUT2D eigenvalue weighted by Crippen LogP contribution is -2.47. The molecule has 0 spiro atoms. The van der Waals surface area contributed by atoms with E-state index >= 15 is 0 Å². The van der Waals surface area contributed by atoms with Gasteiger partial charge >= 0.3 is 0 Å². The molecule has 1 aromatic carbocycles. The Bertz CT molecular complexity index is 957. The van der Waals surface area contributed by atoms with Gasteiger partial charge in [-0.3, -0.25) is 19.4 Å². The molecule has 3 aromatic rings. The molecule has 0 aliphatic heterocycles. The average molecular weight is 380 g/mol. The van der Waals surface area contributed by atoms with Crippen molar-refractivity contribution in [3.05, 3.63) is 71.4 Å². The molecule has 2 heterocycles. The minimum Gasteiger partial charge on any atom is -0.363 e. The van der Waals surface area contributed by atoms with E-state index in [1.54, 1.807) is 29.9 Å². The van der Waals surface area contributed by atoms with Crippen LogP contribution in [-0.2, 0) is 16.0 Å². The van der Waals surface area contributed by atoms with Gasteiger partial charge in [-0.1, -0.05) is 30.3 Å². The van der Waals surface area contributed by atoms with Gasteiger partial charge in [0.15, 0.2) is 0 Å². The number of nitrogens with zero attached hydrogens (tertiary/aromatic N) is 2. The molecule has 0 saturated carbocycles. The second-order valence-electron chi connectivity index (χ2n) is 5.76. The van der Waals surface area contributed by atoms with Crippen molar-refractivity contribution in [2.24, 2.45) is 5.73 Å². The van der Waals surface area contributed by atoms with Crippen molar-refractivity contribution < 1.29 is 14.4 Å². The zero-order valence-corrected chi connectivity index (χ0v) is 15.0. The maximum Gasteiger partial charge on any atom is 0.287 e. The first-order chi connectivity index (χ1) is 13.1. The quantitative estimate of drug-likeness (QED) is 0.604. The fraction of sp³-hybridized carbons (Fsp3) is 0.105. The first kappa shape index (κ1) is 18.4. The number of benzene rings is 1. The van der Waals surface area contributed by atoms with Crippen LogP contribution >= 0.6 is 11.5 Å². The molecule has 3 rings (SSSR count). The molecule has 0 fully saturated rings. The summed E-state index contributed by atoms with van der Waals surface area (Å²) in [5.41, 5.74) is 7.50. The van der Waals surface area contributed by atoms with Crippen molar-refractivity contribution in [1.29, 1.82) is 0 Å². The number of hydrogen-bond acceptors (Lipinski definition) is 6. The Balaban J connectivity index is 1.84. The molecule has 8 heteroatoms. The zero-order valence-electron chi connectivity index (χ0n) is 14.2. The molecule has 2 amide bonds. The molecule has 2 aromatic heterocycles. The predicted octanol–water partition coefficient (Wildman–Crippen LogP) is 1.60. The smallest absolute Gasteiger partial charge is 0.287 e. The summed E-state index contributed by atoms with van der Waals surface area (Å²) in [5.74, 6) is -2.43. The lowest BCUT2D eigenvalue weighted by molar-refractivity contribution is -0.137. The highest BCUT2D eigenvalue weighted by molar-refractivity contribution is 7.04. The van der Waals surface area contributed by atoms with E-state index in [0.717, 1.165) is 22.7 Å². The number of aromatic nitrogens is 2. The van der Waals surface area contributed by atoms with Gasteiger partial charge in [0.1, 0.15) is 6.04 Å². The van der Waals surface area contributed by atoms with Gasteiger partial charge in [0.05, 0.1) is 11.3 Å². The van der Waals surface area contributed by atoms with Crippen molar-refractivity contribution in [1.82, 2.24) is 14.7 Å². The Morgan fingerprint density at radius 3 is 2.44 bits per heavy atom. The van der Waals surface area contributed by atoms with Crippen molar-refractivity contribution in [2.45, 2.75) is 12.5 Å². The molecule has 136 valence electrons. The Morgan fingerprint density at radius 1 is 1.07 bits per heavy atom. The number of nitrogens with two attached hydrogens (primary N) is 1. The van der Waals surface area contributed by atoms with Crippen molar-refractivity contribution in [2.75, 3.05) is 0 Å². The molecular formula is C19H16N4O3S. The number of hydrogen-bond donors (Lipinski definition) is 2. The van der Waals surface area contributed by atoms with Gasteiger partial charge in [-0.25, -0.2) is 0 Å². The highest BCUT2D eigenvalue weighted by atomic mass is 32.1. The number of Topliss-reactive ketones (excluding diaryl/α,β-unsaturated/α-hetero) is 1. The Kier molecular flexibility index (Phi) is 5.68. The van der Waals surface area contributed by atoms with Crippen LogP contribution in [0.15, 0.2) is 60.2 Å². The lowest BCUT2D eigenvalue weighted by atomic mass is 10.0. The lowest BCUT2D eigenvalue weighted by Gasteiger charge is -2.16. The summed E-state index contributed by atoms with van der Waals surface area (Å²) in [6.45, 7) is 0. The number of ketones is 1. The van der Waals surface area contributed by atoms with Gasteiger partial charge in [-0.05, 0) is 29.2 Å². The minimum absolute atomic E-state index is 0.163. The fourth-order valence-corrected chi connectivity index (χ4v) is 3.27. The minimum atomic E-state index is -1.09. The number of pyridine rings is 1. The second kappa shape index (κ2) is 8.33.